The molecular formula is C43H78O10. The topological polar surface area (TPSA) is 92.3 Å². The summed E-state index contributed by atoms with van der Waals surface area (Å²) in [5.41, 5.74) is 0.332. The summed E-state index contributed by atoms with van der Waals surface area (Å²) in [4.78, 5) is 0. The first-order valence-electron chi connectivity index (χ1n) is 20.8. The van der Waals surface area contributed by atoms with Crippen LogP contribution in [0.2, 0.25) is 0 Å². The second-order valence-electron chi connectivity index (χ2n) is 18.5. The maximum Gasteiger partial charge on any atom is 0.144 e. The largest absolute Gasteiger partial charge is 0.376 e. The third kappa shape index (κ3) is 10.3. The van der Waals surface area contributed by atoms with Gasteiger partial charge in [-0.2, -0.15) is 0 Å². The third-order valence-corrected chi connectivity index (χ3v) is 11.4. The molecule has 10 nitrogen and oxygen atoms in total. The molecular weight excluding hydrogens is 676 g/mol. The summed E-state index contributed by atoms with van der Waals surface area (Å²) in [6, 6.07) is 0. The normalized spacial score (nSPS) is 41.1. The summed E-state index contributed by atoms with van der Waals surface area (Å²) in [6.07, 6.45) is 4.11. The smallest absolute Gasteiger partial charge is 0.144 e. The van der Waals surface area contributed by atoms with Crippen LogP contribution in [0, 0.1) is 17.8 Å². The van der Waals surface area contributed by atoms with E-state index in [9.17, 15) is 0 Å². The molecule has 0 N–H and O–H groups in total. The lowest BCUT2D eigenvalue weighted by molar-refractivity contribution is -0.174. The van der Waals surface area contributed by atoms with E-state index in [1.54, 1.807) is 0 Å². The first kappa shape index (κ1) is 45.0. The first-order chi connectivity index (χ1) is 24.7. The SMILES string of the molecule is C=C1C[C@]2(COC(C)C)O[C@@H](C)[C@H]1[C@@H]2OC(C)C.CC(C)OC[C@@]12CC(C)[C@@H]([C@H](C)O1)[C@@H]2OC(C)C.CC(C)OC[C@@]12CO[C@@H]([C@H](C)O1)[C@@H]2OC(C)C. The van der Waals surface area contributed by atoms with Crippen LogP contribution < -0.4 is 0 Å². The zero-order valence-corrected chi connectivity index (χ0v) is 36.3. The predicted octanol–water partition coefficient (Wildman–Crippen LogP) is 7.72. The van der Waals surface area contributed by atoms with Crippen LogP contribution in [-0.2, 0) is 47.4 Å². The van der Waals surface area contributed by atoms with Crippen molar-refractivity contribution in [2.75, 3.05) is 26.4 Å². The van der Waals surface area contributed by atoms with Gasteiger partial charge < -0.3 is 47.4 Å². The fourth-order valence-corrected chi connectivity index (χ4v) is 9.55. The van der Waals surface area contributed by atoms with Crippen molar-refractivity contribution in [1.82, 2.24) is 0 Å². The lowest BCUT2D eigenvalue weighted by Crippen LogP contribution is -2.47. The Balaban J connectivity index is 0.000000178. The molecule has 0 radical (unpaired) electrons. The molecule has 6 bridgehead atoms. The van der Waals surface area contributed by atoms with E-state index in [-0.39, 0.29) is 90.6 Å². The van der Waals surface area contributed by atoms with Crippen molar-refractivity contribution < 1.29 is 47.4 Å². The molecule has 0 spiro atoms. The van der Waals surface area contributed by atoms with Crippen molar-refractivity contribution in [3.63, 3.8) is 0 Å². The molecule has 0 aromatic rings. The molecule has 13 atom stereocenters. The van der Waals surface area contributed by atoms with Gasteiger partial charge in [-0.25, -0.2) is 0 Å². The number of rotatable bonds is 15. The first-order valence-corrected chi connectivity index (χ1v) is 20.8. The van der Waals surface area contributed by atoms with Gasteiger partial charge in [-0.1, -0.05) is 19.1 Å². The number of hydrogen-bond acceptors (Lipinski definition) is 10. The minimum atomic E-state index is -0.404. The number of fused-ring (bicyclic) bond motifs is 6. The molecule has 310 valence electrons. The van der Waals surface area contributed by atoms with Gasteiger partial charge in [-0.15, -0.1) is 0 Å². The van der Waals surface area contributed by atoms with Crippen molar-refractivity contribution in [3.8, 4) is 0 Å². The van der Waals surface area contributed by atoms with Crippen LogP contribution in [0.3, 0.4) is 0 Å². The second-order valence-corrected chi connectivity index (χ2v) is 18.5. The Bertz CT molecular complexity index is 1140. The van der Waals surface area contributed by atoms with Gasteiger partial charge in [0.25, 0.3) is 0 Å². The molecule has 6 rings (SSSR count). The lowest BCUT2D eigenvalue weighted by atomic mass is 9.92. The highest BCUT2D eigenvalue weighted by Gasteiger charge is 2.64. The van der Waals surface area contributed by atoms with Gasteiger partial charge in [0.05, 0.1) is 93.6 Å². The summed E-state index contributed by atoms with van der Waals surface area (Å²) in [7, 11) is 0. The van der Waals surface area contributed by atoms with Gasteiger partial charge in [0, 0.05) is 18.3 Å². The van der Waals surface area contributed by atoms with Crippen molar-refractivity contribution >= 4 is 0 Å². The molecule has 4 aliphatic heterocycles. The van der Waals surface area contributed by atoms with E-state index in [4.69, 9.17) is 47.4 Å². The van der Waals surface area contributed by atoms with Crippen molar-refractivity contribution in [2.45, 2.75) is 220 Å². The maximum absolute atomic E-state index is 6.23. The highest BCUT2D eigenvalue weighted by atomic mass is 16.7. The Morgan fingerprint density at radius 3 is 1.49 bits per heavy atom. The minimum Gasteiger partial charge on any atom is -0.376 e. The van der Waals surface area contributed by atoms with Crippen LogP contribution in [0.4, 0.5) is 0 Å². The zero-order valence-electron chi connectivity index (χ0n) is 36.3. The quantitative estimate of drug-likeness (QED) is 0.155. The standard InChI is InChI=1S/C15H28O3.C15H26O3.C13H24O4/c2*1-9(2)16-8-15-7-11(5)13(12(6)18-15)14(15)17-10(3)4;1-8(2)14-6-13-7-15-11(10(5)17-13)12(13)16-9(3)4/h9-14H,7-8H2,1-6H3;9-10,12-14H,5,7-8H2,1-4,6H3;8-12H,6-7H2,1-5H3/t11?,12-,13-,14-,15+;12-,13-,14-,15+;10-,11-,12-,13-/m000/s1. The summed E-state index contributed by atoms with van der Waals surface area (Å²) in [5, 5.41) is 0. The van der Waals surface area contributed by atoms with Crippen LogP contribution in [0.1, 0.15) is 124 Å². The van der Waals surface area contributed by atoms with Gasteiger partial charge in [-0.05, 0) is 116 Å². The van der Waals surface area contributed by atoms with E-state index in [1.807, 2.05) is 34.6 Å². The minimum absolute atomic E-state index is 0.00347. The van der Waals surface area contributed by atoms with Gasteiger partial charge in [-0.3, -0.25) is 0 Å². The second kappa shape index (κ2) is 18.3. The molecule has 2 aliphatic carbocycles. The van der Waals surface area contributed by atoms with Gasteiger partial charge in [0.15, 0.2) is 0 Å². The molecule has 53 heavy (non-hydrogen) atoms. The van der Waals surface area contributed by atoms with E-state index in [0.717, 1.165) is 12.8 Å². The van der Waals surface area contributed by atoms with Crippen molar-refractivity contribution in [1.29, 1.82) is 0 Å². The highest BCUT2D eigenvalue weighted by Crippen LogP contribution is 2.54. The van der Waals surface area contributed by atoms with E-state index >= 15 is 0 Å². The van der Waals surface area contributed by atoms with Crippen LogP contribution in [0.5, 0.6) is 0 Å². The molecule has 0 amide bonds. The fraction of sp³-hybridized carbons (Fsp3) is 0.953. The maximum atomic E-state index is 6.23. The van der Waals surface area contributed by atoms with Gasteiger partial charge >= 0.3 is 0 Å². The number of ether oxygens (including phenoxy) is 10. The van der Waals surface area contributed by atoms with Crippen LogP contribution in [-0.4, -0.2) is 123 Å². The van der Waals surface area contributed by atoms with E-state index in [0.29, 0.717) is 44.2 Å². The van der Waals surface area contributed by atoms with Gasteiger partial charge in [0.2, 0.25) is 0 Å². The summed E-state index contributed by atoms with van der Waals surface area (Å²) < 4.78 is 59.9. The van der Waals surface area contributed by atoms with E-state index < -0.39 is 5.60 Å². The van der Waals surface area contributed by atoms with Crippen LogP contribution in [0.25, 0.3) is 0 Å². The number of hydrogen-bond donors (Lipinski definition) is 0. The Kier molecular flexibility index (Phi) is 15.5. The zero-order chi connectivity index (χ0) is 39.6. The van der Waals surface area contributed by atoms with Crippen molar-refractivity contribution in [2.24, 2.45) is 17.8 Å². The van der Waals surface area contributed by atoms with Gasteiger partial charge in [0.1, 0.15) is 29.0 Å². The monoisotopic (exact) mass is 755 g/mol. The molecule has 6 aliphatic rings. The Labute approximate surface area is 322 Å². The van der Waals surface area contributed by atoms with E-state index in [1.165, 1.54) is 5.57 Å². The van der Waals surface area contributed by atoms with Crippen molar-refractivity contribution in [3.05, 3.63) is 12.2 Å². The van der Waals surface area contributed by atoms with Crippen LogP contribution in [0.15, 0.2) is 12.2 Å². The molecule has 1 unspecified atom stereocenters. The molecule has 10 heteroatoms. The summed E-state index contributed by atoms with van der Waals surface area (Å²) in [5.74, 6) is 1.50. The van der Waals surface area contributed by atoms with Crippen LogP contribution >= 0.6 is 0 Å². The molecule has 6 fully saturated rings. The average molecular weight is 755 g/mol. The summed E-state index contributed by atoms with van der Waals surface area (Å²) >= 11 is 0. The predicted molar refractivity (Wildman–Crippen MR) is 207 cm³/mol. The average Bonchev–Trinajstić information content (AvgIpc) is 3.79. The molecule has 4 heterocycles. The Morgan fingerprint density at radius 2 is 1.02 bits per heavy atom. The van der Waals surface area contributed by atoms with E-state index in [2.05, 4.69) is 82.7 Å². The summed E-state index contributed by atoms with van der Waals surface area (Å²) in [6.45, 7) is 40.0. The molecule has 0 aromatic heterocycles. The molecule has 4 saturated heterocycles. The Hall–Kier alpha value is -0.660. The fourth-order valence-electron chi connectivity index (χ4n) is 9.55. The Morgan fingerprint density at radius 1 is 0.566 bits per heavy atom. The molecule has 2 saturated carbocycles. The lowest BCUT2D eigenvalue weighted by Gasteiger charge is -2.34. The third-order valence-electron chi connectivity index (χ3n) is 11.4. The molecule has 0 aromatic carbocycles. The highest BCUT2D eigenvalue weighted by molar-refractivity contribution is 5.26.